The predicted octanol–water partition coefficient (Wildman–Crippen LogP) is 4.56. The number of amides is 2. The number of hydrogen-bond donors (Lipinski definition) is 3. The summed E-state index contributed by atoms with van der Waals surface area (Å²) in [6, 6.07) is 11.7. The van der Waals surface area contributed by atoms with Crippen LogP contribution in [-0.2, 0) is 9.53 Å². The number of urea groups is 1. The van der Waals surface area contributed by atoms with Gasteiger partial charge < -0.3 is 25.6 Å². The molecule has 0 saturated carbocycles. The molecule has 32 heavy (non-hydrogen) atoms. The van der Waals surface area contributed by atoms with Gasteiger partial charge in [-0.15, -0.1) is 0 Å². The zero-order valence-corrected chi connectivity index (χ0v) is 19.0. The van der Waals surface area contributed by atoms with Crippen LogP contribution in [0.15, 0.2) is 59.8 Å². The van der Waals surface area contributed by atoms with Gasteiger partial charge in [0.05, 0.1) is 23.4 Å². The standard InChI is InChI=1S/C23H25FN4O3S/c1-13(2)31-21(29)19-14(3)28(4)23(32)27-20(19)15-8-7-9-16(12-15)25-22(30)26-18-11-6-5-10-17(18)24/h5-13,20H,1-4H3,(H,27,32)(H2,25,26,30)/t20-/m0/s1. The lowest BCUT2D eigenvalue weighted by atomic mass is 9.94. The van der Waals surface area contributed by atoms with Crippen molar-refractivity contribution in [2.45, 2.75) is 32.9 Å². The number of thiocarbonyl (C=S) groups is 1. The molecule has 2 aromatic carbocycles. The molecule has 0 fully saturated rings. The van der Waals surface area contributed by atoms with Crippen LogP contribution < -0.4 is 16.0 Å². The number of allylic oxidation sites excluding steroid dienone is 1. The van der Waals surface area contributed by atoms with Crippen molar-refractivity contribution in [3.63, 3.8) is 0 Å². The molecule has 2 aromatic rings. The third kappa shape index (κ3) is 5.23. The highest BCUT2D eigenvalue weighted by atomic mass is 32.1. The number of nitrogens with one attached hydrogen (secondary N) is 3. The van der Waals surface area contributed by atoms with Gasteiger partial charge in [-0.25, -0.2) is 14.0 Å². The SMILES string of the molecule is CC1=C(C(=O)OC(C)C)[C@H](c2cccc(NC(=O)Nc3ccccc3F)c2)NC(=S)N1C. The summed E-state index contributed by atoms with van der Waals surface area (Å²) >= 11 is 5.41. The highest BCUT2D eigenvalue weighted by Crippen LogP contribution is 2.32. The summed E-state index contributed by atoms with van der Waals surface area (Å²) in [6.07, 6.45) is -0.280. The Labute approximate surface area is 191 Å². The van der Waals surface area contributed by atoms with Crippen LogP contribution in [0.4, 0.5) is 20.6 Å². The van der Waals surface area contributed by atoms with Crippen molar-refractivity contribution in [2.24, 2.45) is 0 Å². The first-order chi connectivity index (χ1) is 15.2. The normalized spacial score (nSPS) is 16.0. The fourth-order valence-corrected chi connectivity index (χ4v) is 3.53. The van der Waals surface area contributed by atoms with E-state index in [9.17, 15) is 14.0 Å². The molecule has 1 heterocycles. The van der Waals surface area contributed by atoms with Crippen LogP contribution in [0.1, 0.15) is 32.4 Å². The van der Waals surface area contributed by atoms with Crippen LogP contribution in [0.5, 0.6) is 0 Å². The molecule has 0 aliphatic carbocycles. The van der Waals surface area contributed by atoms with E-state index in [2.05, 4.69) is 16.0 Å². The Hall–Kier alpha value is -3.46. The molecule has 0 aromatic heterocycles. The third-order valence-corrected chi connectivity index (χ3v) is 5.31. The first-order valence-electron chi connectivity index (χ1n) is 10.1. The lowest BCUT2D eigenvalue weighted by Crippen LogP contribution is -2.46. The number of halogens is 1. The number of rotatable bonds is 5. The molecule has 0 saturated heterocycles. The molecule has 0 spiro atoms. The van der Waals surface area contributed by atoms with Gasteiger partial charge in [0.15, 0.2) is 5.11 Å². The molecule has 168 valence electrons. The molecule has 2 amide bonds. The number of ether oxygens (including phenoxy) is 1. The Morgan fingerprint density at radius 1 is 1.16 bits per heavy atom. The molecule has 1 atom stereocenters. The molecule has 0 unspecified atom stereocenters. The fourth-order valence-electron chi connectivity index (χ4n) is 3.27. The van der Waals surface area contributed by atoms with Gasteiger partial charge in [0, 0.05) is 18.4 Å². The molecular weight excluding hydrogens is 431 g/mol. The second-order valence-corrected chi connectivity index (χ2v) is 7.97. The molecule has 1 aliphatic heterocycles. The van der Waals surface area contributed by atoms with Gasteiger partial charge in [-0.1, -0.05) is 24.3 Å². The van der Waals surface area contributed by atoms with Gasteiger partial charge in [-0.3, -0.25) is 0 Å². The van der Waals surface area contributed by atoms with Crippen molar-refractivity contribution >= 4 is 40.7 Å². The molecule has 3 rings (SSSR count). The minimum Gasteiger partial charge on any atom is -0.459 e. The molecular formula is C23H25FN4O3S. The summed E-state index contributed by atoms with van der Waals surface area (Å²) in [5.74, 6) is -0.977. The van der Waals surface area contributed by atoms with E-state index in [1.807, 2.05) is 6.07 Å². The smallest absolute Gasteiger partial charge is 0.338 e. The topological polar surface area (TPSA) is 82.7 Å². The lowest BCUT2D eigenvalue weighted by molar-refractivity contribution is -0.143. The van der Waals surface area contributed by atoms with E-state index in [4.69, 9.17) is 17.0 Å². The van der Waals surface area contributed by atoms with Crippen molar-refractivity contribution in [2.75, 3.05) is 17.7 Å². The molecule has 0 bridgehead atoms. The molecule has 7 nitrogen and oxygen atoms in total. The Morgan fingerprint density at radius 2 is 1.88 bits per heavy atom. The van der Waals surface area contributed by atoms with E-state index >= 15 is 0 Å². The van der Waals surface area contributed by atoms with Crippen LogP contribution in [0, 0.1) is 5.82 Å². The number of anilines is 2. The van der Waals surface area contributed by atoms with Gasteiger partial charge in [-0.2, -0.15) is 0 Å². The Balaban J connectivity index is 1.86. The summed E-state index contributed by atoms with van der Waals surface area (Å²) < 4.78 is 19.2. The van der Waals surface area contributed by atoms with Crippen molar-refractivity contribution in [3.8, 4) is 0 Å². The molecule has 0 radical (unpaired) electrons. The zero-order chi connectivity index (χ0) is 23.4. The van der Waals surface area contributed by atoms with Crippen molar-refractivity contribution in [1.82, 2.24) is 10.2 Å². The number of nitrogens with zero attached hydrogens (tertiary/aromatic N) is 1. The van der Waals surface area contributed by atoms with Crippen LogP contribution >= 0.6 is 12.2 Å². The van der Waals surface area contributed by atoms with Gasteiger partial charge in [0.2, 0.25) is 0 Å². The van der Waals surface area contributed by atoms with E-state index in [-0.39, 0.29) is 11.8 Å². The van der Waals surface area contributed by atoms with Crippen molar-refractivity contribution in [1.29, 1.82) is 0 Å². The molecule has 3 N–H and O–H groups in total. The van der Waals surface area contributed by atoms with Gasteiger partial charge in [0.25, 0.3) is 0 Å². The minimum absolute atomic E-state index is 0.0702. The van der Waals surface area contributed by atoms with Crippen LogP contribution in [0.2, 0.25) is 0 Å². The first-order valence-corrected chi connectivity index (χ1v) is 10.5. The predicted molar refractivity (Wildman–Crippen MR) is 126 cm³/mol. The summed E-state index contributed by atoms with van der Waals surface area (Å²) in [5.41, 5.74) is 2.36. The van der Waals surface area contributed by atoms with E-state index in [1.54, 1.807) is 57.0 Å². The average Bonchev–Trinajstić information content (AvgIpc) is 2.73. The van der Waals surface area contributed by atoms with E-state index in [1.165, 1.54) is 18.2 Å². The van der Waals surface area contributed by atoms with Crippen LogP contribution in [-0.4, -0.2) is 35.2 Å². The maximum atomic E-state index is 13.8. The van der Waals surface area contributed by atoms with Crippen molar-refractivity contribution < 1.29 is 18.7 Å². The summed E-state index contributed by atoms with van der Waals surface area (Å²) in [6.45, 7) is 5.37. The Kier molecular flexibility index (Phi) is 7.09. The largest absolute Gasteiger partial charge is 0.459 e. The third-order valence-electron chi connectivity index (χ3n) is 4.92. The second kappa shape index (κ2) is 9.78. The monoisotopic (exact) mass is 456 g/mol. The number of benzene rings is 2. The average molecular weight is 457 g/mol. The summed E-state index contributed by atoms with van der Waals surface area (Å²) in [4.78, 5) is 26.9. The maximum absolute atomic E-state index is 13.8. The van der Waals surface area contributed by atoms with Crippen LogP contribution in [0.3, 0.4) is 0 Å². The van der Waals surface area contributed by atoms with Gasteiger partial charge in [-0.05, 0) is 62.8 Å². The van der Waals surface area contributed by atoms with E-state index < -0.39 is 23.9 Å². The van der Waals surface area contributed by atoms with Crippen LogP contribution in [0.25, 0.3) is 0 Å². The van der Waals surface area contributed by atoms with E-state index in [0.29, 0.717) is 27.6 Å². The van der Waals surface area contributed by atoms with Crippen molar-refractivity contribution in [3.05, 3.63) is 71.2 Å². The molecule has 1 aliphatic rings. The Morgan fingerprint density at radius 3 is 2.56 bits per heavy atom. The Bertz CT molecular complexity index is 1090. The maximum Gasteiger partial charge on any atom is 0.338 e. The quantitative estimate of drug-likeness (QED) is 0.452. The number of esters is 1. The van der Waals surface area contributed by atoms with E-state index in [0.717, 1.165) is 0 Å². The number of para-hydroxylation sites is 1. The minimum atomic E-state index is -0.592. The number of carbonyl (C=O) groups is 2. The number of carbonyl (C=O) groups excluding carboxylic acids is 2. The van der Waals surface area contributed by atoms with Gasteiger partial charge in [0.1, 0.15) is 5.82 Å². The highest BCUT2D eigenvalue weighted by Gasteiger charge is 2.34. The fraction of sp³-hybridized carbons (Fsp3) is 0.261. The molecule has 9 heteroatoms. The second-order valence-electron chi connectivity index (χ2n) is 7.58. The van der Waals surface area contributed by atoms with Gasteiger partial charge >= 0.3 is 12.0 Å². The lowest BCUT2D eigenvalue weighted by Gasteiger charge is -2.35. The first kappa shape index (κ1) is 23.2. The highest BCUT2D eigenvalue weighted by molar-refractivity contribution is 7.80. The number of hydrogen-bond acceptors (Lipinski definition) is 4. The summed E-state index contributed by atoms with van der Waals surface area (Å²) in [5, 5.41) is 8.79. The zero-order valence-electron chi connectivity index (χ0n) is 18.2. The summed E-state index contributed by atoms with van der Waals surface area (Å²) in [7, 11) is 1.77.